The van der Waals surface area contributed by atoms with Gasteiger partial charge in [-0.1, -0.05) is 12.1 Å². The van der Waals surface area contributed by atoms with E-state index in [0.29, 0.717) is 6.54 Å². The fourth-order valence-electron chi connectivity index (χ4n) is 2.80. The van der Waals surface area contributed by atoms with Crippen LogP contribution in [-0.4, -0.2) is 33.5 Å². The monoisotopic (exact) mass is 413 g/mol. The number of hydrogen-bond donors (Lipinski definition) is 3. The highest BCUT2D eigenvalue weighted by Gasteiger charge is 2.22. The van der Waals surface area contributed by atoms with Gasteiger partial charge >= 0.3 is 0 Å². The lowest BCUT2D eigenvalue weighted by molar-refractivity contribution is 0.0941. The van der Waals surface area contributed by atoms with E-state index in [-0.39, 0.29) is 46.1 Å². The molecule has 1 heterocycles. The van der Waals surface area contributed by atoms with E-state index in [2.05, 4.69) is 15.4 Å². The Kier molecular flexibility index (Phi) is 6.80. The van der Waals surface area contributed by atoms with Crippen molar-refractivity contribution < 1.29 is 17.6 Å². The van der Waals surface area contributed by atoms with Crippen LogP contribution in [0.4, 0.5) is 10.1 Å². The van der Waals surface area contributed by atoms with E-state index >= 15 is 0 Å². The smallest absolute Gasteiger partial charge is 0.261 e. The Labute approximate surface area is 164 Å². The molecule has 0 radical (unpaired) electrons. The second-order valence-electron chi connectivity index (χ2n) is 6.23. The topological polar surface area (TPSA) is 87.3 Å². The molecule has 0 aliphatic carbocycles. The summed E-state index contributed by atoms with van der Waals surface area (Å²) in [4.78, 5) is 12.5. The maximum Gasteiger partial charge on any atom is 0.261 e. The van der Waals surface area contributed by atoms with Gasteiger partial charge in [0.2, 0.25) is 0 Å². The summed E-state index contributed by atoms with van der Waals surface area (Å²) < 4.78 is 41.1. The maximum atomic E-state index is 13.4. The van der Waals surface area contributed by atoms with Crippen LogP contribution in [0.3, 0.4) is 0 Å². The molecule has 0 bridgehead atoms. The van der Waals surface area contributed by atoms with Crippen molar-refractivity contribution in [2.24, 2.45) is 0 Å². The minimum absolute atomic E-state index is 0. The van der Waals surface area contributed by atoms with Crippen LogP contribution in [-0.2, 0) is 10.0 Å². The molecule has 146 valence electrons. The SMILES string of the molecule is Cc1cc(S(=O)(=O)Nc2ccccc2C(=O)NC2CCNC2)ccc1F.Cl. The van der Waals surface area contributed by atoms with Gasteiger partial charge in [-0.2, -0.15) is 0 Å². The van der Waals surface area contributed by atoms with Crippen molar-refractivity contribution in [3.05, 3.63) is 59.4 Å². The second kappa shape index (κ2) is 8.69. The number of carbonyl (C=O) groups is 1. The van der Waals surface area contributed by atoms with Gasteiger partial charge in [-0.3, -0.25) is 9.52 Å². The zero-order valence-electron chi connectivity index (χ0n) is 14.7. The first-order chi connectivity index (χ1) is 12.4. The van der Waals surface area contributed by atoms with Crippen LogP contribution in [0.15, 0.2) is 47.4 Å². The number of para-hydroxylation sites is 1. The number of halogens is 2. The van der Waals surface area contributed by atoms with E-state index < -0.39 is 15.8 Å². The number of anilines is 1. The molecule has 3 N–H and O–H groups in total. The van der Waals surface area contributed by atoms with E-state index in [1.807, 2.05) is 0 Å². The van der Waals surface area contributed by atoms with Crippen molar-refractivity contribution in [3.8, 4) is 0 Å². The molecule has 0 aromatic heterocycles. The number of amides is 1. The Hall–Kier alpha value is -2.16. The first-order valence-corrected chi connectivity index (χ1v) is 9.75. The summed E-state index contributed by atoms with van der Waals surface area (Å²) in [5, 5.41) is 6.05. The van der Waals surface area contributed by atoms with E-state index in [1.54, 1.807) is 18.2 Å². The van der Waals surface area contributed by atoms with E-state index in [4.69, 9.17) is 0 Å². The Morgan fingerprint density at radius 2 is 1.96 bits per heavy atom. The lowest BCUT2D eigenvalue weighted by Crippen LogP contribution is -2.36. The molecular weight excluding hydrogens is 393 g/mol. The molecule has 0 saturated carbocycles. The van der Waals surface area contributed by atoms with Gasteiger partial charge in [-0.25, -0.2) is 12.8 Å². The molecular formula is C18H21ClFN3O3S. The van der Waals surface area contributed by atoms with Crippen LogP contribution in [0.25, 0.3) is 0 Å². The van der Waals surface area contributed by atoms with E-state index in [1.165, 1.54) is 25.1 Å². The largest absolute Gasteiger partial charge is 0.348 e. The number of nitrogens with one attached hydrogen (secondary N) is 3. The van der Waals surface area contributed by atoms with Crippen LogP contribution < -0.4 is 15.4 Å². The van der Waals surface area contributed by atoms with Crippen LogP contribution in [0.2, 0.25) is 0 Å². The van der Waals surface area contributed by atoms with Gasteiger partial charge in [0.25, 0.3) is 15.9 Å². The zero-order valence-corrected chi connectivity index (χ0v) is 16.3. The van der Waals surface area contributed by atoms with Crippen molar-refractivity contribution in [2.45, 2.75) is 24.3 Å². The third-order valence-electron chi connectivity index (χ3n) is 4.25. The molecule has 1 amide bonds. The molecule has 2 aromatic carbocycles. The summed E-state index contributed by atoms with van der Waals surface area (Å²) in [5.74, 6) is -0.818. The normalized spacial score (nSPS) is 16.4. The Morgan fingerprint density at radius 3 is 2.63 bits per heavy atom. The van der Waals surface area contributed by atoms with Crippen LogP contribution >= 0.6 is 12.4 Å². The minimum atomic E-state index is -3.94. The highest BCUT2D eigenvalue weighted by molar-refractivity contribution is 7.92. The molecule has 1 aliphatic heterocycles. The molecule has 1 atom stereocenters. The van der Waals surface area contributed by atoms with Crippen molar-refractivity contribution in [3.63, 3.8) is 0 Å². The highest BCUT2D eigenvalue weighted by Crippen LogP contribution is 2.22. The molecule has 1 unspecified atom stereocenters. The quantitative estimate of drug-likeness (QED) is 0.702. The van der Waals surface area contributed by atoms with Gasteiger partial charge in [0, 0.05) is 12.6 Å². The summed E-state index contributed by atoms with van der Waals surface area (Å²) in [6.45, 7) is 3.02. The van der Waals surface area contributed by atoms with Gasteiger partial charge in [-0.05, 0) is 55.8 Å². The predicted octanol–water partition coefficient (Wildman–Crippen LogP) is 2.45. The average Bonchev–Trinajstić information content (AvgIpc) is 3.10. The van der Waals surface area contributed by atoms with E-state index in [9.17, 15) is 17.6 Å². The molecule has 1 saturated heterocycles. The lowest BCUT2D eigenvalue weighted by atomic mass is 10.1. The van der Waals surface area contributed by atoms with Gasteiger partial charge in [0.05, 0.1) is 16.1 Å². The number of hydrogen-bond acceptors (Lipinski definition) is 4. The van der Waals surface area contributed by atoms with Gasteiger partial charge < -0.3 is 10.6 Å². The Bertz CT molecular complexity index is 931. The van der Waals surface area contributed by atoms with Crippen LogP contribution in [0, 0.1) is 12.7 Å². The summed E-state index contributed by atoms with van der Waals surface area (Å²) in [6, 6.07) is 9.97. The predicted molar refractivity (Wildman–Crippen MR) is 104 cm³/mol. The molecule has 3 rings (SSSR count). The summed E-state index contributed by atoms with van der Waals surface area (Å²) in [7, 11) is -3.94. The summed E-state index contributed by atoms with van der Waals surface area (Å²) in [5.41, 5.74) is 0.646. The average molecular weight is 414 g/mol. The summed E-state index contributed by atoms with van der Waals surface area (Å²) in [6.07, 6.45) is 0.828. The lowest BCUT2D eigenvalue weighted by Gasteiger charge is -2.15. The van der Waals surface area contributed by atoms with Crippen molar-refractivity contribution in [1.29, 1.82) is 0 Å². The first kappa shape index (κ1) is 21.1. The summed E-state index contributed by atoms with van der Waals surface area (Å²) >= 11 is 0. The third-order valence-corrected chi connectivity index (χ3v) is 5.61. The number of carbonyl (C=O) groups excluding carboxylic acids is 1. The Morgan fingerprint density at radius 1 is 1.22 bits per heavy atom. The van der Waals surface area contributed by atoms with Gasteiger partial charge in [0.15, 0.2) is 0 Å². The molecule has 0 spiro atoms. The van der Waals surface area contributed by atoms with Crippen molar-refractivity contribution >= 4 is 34.0 Å². The zero-order chi connectivity index (χ0) is 18.7. The van der Waals surface area contributed by atoms with Crippen LogP contribution in [0.1, 0.15) is 22.3 Å². The molecule has 2 aromatic rings. The van der Waals surface area contributed by atoms with Crippen LogP contribution in [0.5, 0.6) is 0 Å². The van der Waals surface area contributed by atoms with Crippen molar-refractivity contribution in [1.82, 2.24) is 10.6 Å². The van der Waals surface area contributed by atoms with E-state index in [0.717, 1.165) is 19.0 Å². The van der Waals surface area contributed by atoms with Gasteiger partial charge in [0.1, 0.15) is 5.82 Å². The maximum absolute atomic E-state index is 13.4. The highest BCUT2D eigenvalue weighted by atomic mass is 35.5. The van der Waals surface area contributed by atoms with Crippen molar-refractivity contribution in [2.75, 3.05) is 17.8 Å². The first-order valence-electron chi connectivity index (χ1n) is 8.26. The fraction of sp³-hybridized carbons (Fsp3) is 0.278. The fourth-order valence-corrected chi connectivity index (χ4v) is 3.96. The number of rotatable bonds is 5. The second-order valence-corrected chi connectivity index (χ2v) is 7.91. The standard InChI is InChI=1S/C18H20FN3O3S.ClH/c1-12-10-14(6-7-16(12)19)26(24,25)22-17-5-3-2-4-15(17)18(23)21-13-8-9-20-11-13;/h2-7,10,13,20,22H,8-9,11H2,1H3,(H,21,23);1H. The third kappa shape index (κ3) is 4.97. The number of sulfonamides is 1. The molecule has 1 fully saturated rings. The molecule has 6 nitrogen and oxygen atoms in total. The minimum Gasteiger partial charge on any atom is -0.348 e. The molecule has 9 heteroatoms. The number of benzene rings is 2. The molecule has 1 aliphatic rings. The number of aryl methyl sites for hydroxylation is 1. The Balaban J connectivity index is 0.00000261. The van der Waals surface area contributed by atoms with Gasteiger partial charge in [-0.15, -0.1) is 12.4 Å². The molecule has 27 heavy (non-hydrogen) atoms.